The second-order valence-electron chi connectivity index (χ2n) is 3.60. The van der Waals surface area contributed by atoms with Crippen molar-refractivity contribution in [1.82, 2.24) is 0 Å². The molecule has 0 radical (unpaired) electrons. The number of alkyl halides is 1. The summed E-state index contributed by atoms with van der Waals surface area (Å²) in [4.78, 5) is 9.88. The number of halogens is 1. The van der Waals surface area contributed by atoms with E-state index in [0.717, 1.165) is 25.7 Å². The van der Waals surface area contributed by atoms with Gasteiger partial charge in [-0.1, -0.05) is 19.3 Å². The van der Waals surface area contributed by atoms with E-state index in [1.807, 2.05) is 0 Å². The van der Waals surface area contributed by atoms with Crippen LogP contribution >= 0.6 is 11.6 Å². The molecule has 0 saturated heterocycles. The normalized spacial score (nSPS) is 21.3. The molecule has 1 saturated carbocycles. The van der Waals surface area contributed by atoms with E-state index in [1.54, 1.807) is 0 Å². The molecule has 0 amide bonds. The predicted molar refractivity (Wildman–Crippen MR) is 50.1 cm³/mol. The van der Waals surface area contributed by atoms with Crippen LogP contribution in [0, 0.1) is 0 Å². The Morgan fingerprint density at radius 2 is 2.00 bits per heavy atom. The van der Waals surface area contributed by atoms with E-state index in [2.05, 4.69) is 0 Å². The molecular weight excluding hydrogens is 192 g/mol. The first-order valence-corrected chi connectivity index (χ1v) is 4.99. The van der Waals surface area contributed by atoms with Gasteiger partial charge in [-0.05, 0) is 12.8 Å². The maximum Gasteiger partial charge on any atom is 0.329 e. The van der Waals surface area contributed by atoms with E-state index in [-0.39, 0.29) is 11.5 Å². The van der Waals surface area contributed by atoms with Gasteiger partial charge in [-0.3, -0.25) is 0 Å². The first-order chi connectivity index (χ1) is 6.12. The number of ether oxygens (including phenoxy) is 1. The third-order valence-corrected chi connectivity index (χ3v) is 2.82. The molecular formula is C9H15ClO3. The lowest BCUT2D eigenvalue weighted by Crippen LogP contribution is -2.31. The summed E-state index contributed by atoms with van der Waals surface area (Å²) in [6, 6.07) is 0. The standard InChI is InChI=1S/C9H15ClO3/c10-9(4-2-1-3-5-9)7-13-6-8(11)12/h1-7H2,(H,11,12). The maximum absolute atomic E-state index is 10.2. The second-order valence-corrected chi connectivity index (χ2v) is 4.40. The van der Waals surface area contributed by atoms with Gasteiger partial charge in [0.05, 0.1) is 11.5 Å². The highest BCUT2D eigenvalue weighted by molar-refractivity contribution is 6.24. The van der Waals surface area contributed by atoms with Crippen LogP contribution in [0.25, 0.3) is 0 Å². The van der Waals surface area contributed by atoms with E-state index in [9.17, 15) is 4.79 Å². The Balaban J connectivity index is 2.21. The van der Waals surface area contributed by atoms with Crippen LogP contribution < -0.4 is 0 Å². The molecule has 0 atom stereocenters. The lowest BCUT2D eigenvalue weighted by Gasteiger charge is -2.30. The fourth-order valence-electron chi connectivity index (χ4n) is 1.65. The molecule has 0 unspecified atom stereocenters. The second kappa shape index (κ2) is 4.82. The van der Waals surface area contributed by atoms with Gasteiger partial charge in [-0.2, -0.15) is 0 Å². The van der Waals surface area contributed by atoms with Crippen LogP contribution in [-0.4, -0.2) is 29.2 Å². The van der Waals surface area contributed by atoms with Crippen molar-refractivity contribution in [2.24, 2.45) is 0 Å². The molecule has 0 aliphatic heterocycles. The fourth-order valence-corrected chi connectivity index (χ4v) is 2.00. The van der Waals surface area contributed by atoms with Crippen molar-refractivity contribution in [1.29, 1.82) is 0 Å². The van der Waals surface area contributed by atoms with Gasteiger partial charge in [0.25, 0.3) is 0 Å². The number of carbonyl (C=O) groups is 1. The van der Waals surface area contributed by atoms with Crippen LogP contribution in [0.4, 0.5) is 0 Å². The number of carboxylic acid groups (broad SMARTS) is 1. The van der Waals surface area contributed by atoms with Gasteiger partial charge in [0.2, 0.25) is 0 Å². The molecule has 0 spiro atoms. The van der Waals surface area contributed by atoms with Crippen LogP contribution in [0.1, 0.15) is 32.1 Å². The van der Waals surface area contributed by atoms with E-state index in [0.29, 0.717) is 6.61 Å². The summed E-state index contributed by atoms with van der Waals surface area (Å²) in [5.41, 5.74) is 0. The molecule has 0 aromatic heterocycles. The first kappa shape index (κ1) is 10.8. The zero-order valence-electron chi connectivity index (χ0n) is 7.59. The summed E-state index contributed by atoms with van der Waals surface area (Å²) >= 11 is 6.24. The van der Waals surface area contributed by atoms with Crippen LogP contribution in [0.5, 0.6) is 0 Å². The molecule has 1 aliphatic carbocycles. The molecule has 1 fully saturated rings. The number of carboxylic acids is 1. The maximum atomic E-state index is 10.2. The molecule has 76 valence electrons. The van der Waals surface area contributed by atoms with E-state index in [1.165, 1.54) is 6.42 Å². The van der Waals surface area contributed by atoms with Crippen molar-refractivity contribution >= 4 is 17.6 Å². The van der Waals surface area contributed by atoms with Crippen LogP contribution in [-0.2, 0) is 9.53 Å². The monoisotopic (exact) mass is 206 g/mol. The molecule has 0 aromatic carbocycles. The molecule has 1 rings (SSSR count). The van der Waals surface area contributed by atoms with Crippen molar-refractivity contribution in [3.63, 3.8) is 0 Å². The molecule has 4 heteroatoms. The van der Waals surface area contributed by atoms with Gasteiger partial charge in [0, 0.05) is 0 Å². The number of hydrogen-bond donors (Lipinski definition) is 1. The largest absolute Gasteiger partial charge is 0.480 e. The zero-order chi connectivity index (χ0) is 9.73. The minimum Gasteiger partial charge on any atom is -0.480 e. The van der Waals surface area contributed by atoms with Gasteiger partial charge in [-0.25, -0.2) is 4.79 Å². The quantitative estimate of drug-likeness (QED) is 0.716. The smallest absolute Gasteiger partial charge is 0.329 e. The summed E-state index contributed by atoms with van der Waals surface area (Å²) in [6.45, 7) is 0.120. The summed E-state index contributed by atoms with van der Waals surface area (Å²) in [5.74, 6) is -0.934. The Hall–Kier alpha value is -0.280. The summed E-state index contributed by atoms with van der Waals surface area (Å²) in [6.07, 6.45) is 5.36. The summed E-state index contributed by atoms with van der Waals surface area (Å²) < 4.78 is 5.01. The lowest BCUT2D eigenvalue weighted by molar-refractivity contribution is -0.142. The van der Waals surface area contributed by atoms with Crippen molar-refractivity contribution < 1.29 is 14.6 Å². The Bertz CT molecular complexity index is 176. The average molecular weight is 207 g/mol. The SMILES string of the molecule is O=C(O)COCC1(Cl)CCCCC1. The fraction of sp³-hybridized carbons (Fsp3) is 0.889. The molecule has 0 aromatic rings. The molecule has 1 aliphatic rings. The van der Waals surface area contributed by atoms with Crippen LogP contribution in [0.3, 0.4) is 0 Å². The molecule has 3 nitrogen and oxygen atoms in total. The first-order valence-electron chi connectivity index (χ1n) is 4.61. The summed E-state index contributed by atoms with van der Waals surface area (Å²) in [7, 11) is 0. The number of aliphatic carboxylic acids is 1. The minimum absolute atomic E-state index is 0.242. The van der Waals surface area contributed by atoms with Crippen molar-refractivity contribution in [3.05, 3.63) is 0 Å². The Kier molecular flexibility index (Phi) is 4.00. The van der Waals surface area contributed by atoms with Crippen molar-refractivity contribution in [3.8, 4) is 0 Å². The third-order valence-electron chi connectivity index (χ3n) is 2.34. The molecule has 0 bridgehead atoms. The van der Waals surface area contributed by atoms with E-state index >= 15 is 0 Å². The van der Waals surface area contributed by atoms with Gasteiger partial charge < -0.3 is 9.84 Å². The van der Waals surface area contributed by atoms with Gasteiger partial charge >= 0.3 is 5.97 Å². The topological polar surface area (TPSA) is 46.5 Å². The molecule has 0 heterocycles. The Labute approximate surface area is 83.0 Å². The number of hydrogen-bond acceptors (Lipinski definition) is 2. The Morgan fingerprint density at radius 1 is 1.38 bits per heavy atom. The highest BCUT2D eigenvalue weighted by Gasteiger charge is 2.29. The molecule has 13 heavy (non-hydrogen) atoms. The van der Waals surface area contributed by atoms with E-state index in [4.69, 9.17) is 21.4 Å². The number of rotatable bonds is 4. The van der Waals surface area contributed by atoms with Crippen LogP contribution in [0.2, 0.25) is 0 Å². The minimum atomic E-state index is -0.934. The summed E-state index contributed by atoms with van der Waals surface area (Å²) in [5, 5.41) is 8.36. The third kappa shape index (κ3) is 3.96. The Morgan fingerprint density at radius 3 is 2.54 bits per heavy atom. The van der Waals surface area contributed by atoms with Crippen molar-refractivity contribution in [2.75, 3.05) is 13.2 Å². The highest BCUT2D eigenvalue weighted by Crippen LogP contribution is 2.34. The van der Waals surface area contributed by atoms with Gasteiger partial charge in [-0.15, -0.1) is 11.6 Å². The van der Waals surface area contributed by atoms with Gasteiger partial charge in [0.1, 0.15) is 6.61 Å². The zero-order valence-corrected chi connectivity index (χ0v) is 8.35. The van der Waals surface area contributed by atoms with Crippen molar-refractivity contribution in [2.45, 2.75) is 37.0 Å². The lowest BCUT2D eigenvalue weighted by atomic mass is 9.89. The molecule has 1 N–H and O–H groups in total. The highest BCUT2D eigenvalue weighted by atomic mass is 35.5. The van der Waals surface area contributed by atoms with E-state index < -0.39 is 5.97 Å². The predicted octanol–water partition coefficient (Wildman–Crippen LogP) is 2.03. The average Bonchev–Trinajstić information content (AvgIpc) is 2.04. The van der Waals surface area contributed by atoms with Gasteiger partial charge in [0.15, 0.2) is 0 Å². The van der Waals surface area contributed by atoms with Crippen LogP contribution in [0.15, 0.2) is 0 Å².